The molecule has 1 N–H and O–H groups in total. The fraction of sp³-hybridized carbons (Fsp3) is 0.250. The second-order valence-electron chi connectivity index (χ2n) is 7.68. The number of carbonyl (C=O) groups excluding carboxylic acids is 2. The monoisotopic (exact) mass is 474 g/mol. The van der Waals surface area contributed by atoms with Crippen molar-refractivity contribution in [2.75, 3.05) is 18.5 Å². The largest absolute Gasteiger partial charge is 0.484 e. The first-order chi connectivity index (χ1) is 15.7. The molecule has 3 aromatic rings. The van der Waals surface area contributed by atoms with E-state index in [1.807, 2.05) is 11.4 Å². The van der Waals surface area contributed by atoms with Crippen molar-refractivity contribution in [1.29, 1.82) is 0 Å². The number of nitrogens with one attached hydrogen (secondary N) is 1. The molecule has 2 aromatic carbocycles. The Morgan fingerprint density at radius 3 is 2.61 bits per heavy atom. The van der Waals surface area contributed by atoms with Crippen molar-refractivity contribution >= 4 is 28.8 Å². The first kappa shape index (κ1) is 22.8. The Morgan fingerprint density at radius 1 is 1.12 bits per heavy atom. The number of amides is 2. The van der Waals surface area contributed by atoms with Crippen LogP contribution in [0.2, 0.25) is 0 Å². The molecule has 0 atom stereocenters. The van der Waals surface area contributed by atoms with E-state index in [0.29, 0.717) is 29.9 Å². The van der Waals surface area contributed by atoms with E-state index in [4.69, 9.17) is 4.74 Å². The van der Waals surface area contributed by atoms with Crippen molar-refractivity contribution in [3.63, 3.8) is 0 Å². The lowest BCUT2D eigenvalue weighted by Gasteiger charge is -2.28. The van der Waals surface area contributed by atoms with Crippen LogP contribution in [0.25, 0.3) is 0 Å². The van der Waals surface area contributed by atoms with Gasteiger partial charge in [-0.15, -0.1) is 11.3 Å². The molecule has 0 spiro atoms. The highest BCUT2D eigenvalue weighted by molar-refractivity contribution is 7.10. The maximum atomic E-state index is 13.1. The van der Waals surface area contributed by atoms with Crippen LogP contribution in [-0.4, -0.2) is 29.9 Å². The third kappa shape index (κ3) is 5.19. The van der Waals surface area contributed by atoms with Crippen LogP contribution in [0.4, 0.5) is 18.9 Å². The molecule has 1 aromatic heterocycles. The highest BCUT2D eigenvalue weighted by atomic mass is 32.1. The van der Waals surface area contributed by atoms with Gasteiger partial charge in [-0.2, -0.15) is 13.2 Å². The van der Waals surface area contributed by atoms with E-state index >= 15 is 0 Å². The molecular formula is C24H21F3N2O3S. The molecular weight excluding hydrogens is 453 g/mol. The Bertz CT molecular complexity index is 1170. The van der Waals surface area contributed by atoms with Crippen molar-refractivity contribution in [3.8, 4) is 5.75 Å². The third-order valence-corrected chi connectivity index (χ3v) is 6.51. The van der Waals surface area contributed by atoms with E-state index in [1.165, 1.54) is 10.4 Å². The SMILES string of the molecule is Cc1c(NC(=O)COc2ccc(C(F)(F)F)cc2)cccc1C(=O)N1CCc2sccc2C1. The Labute approximate surface area is 192 Å². The van der Waals surface area contributed by atoms with Crippen LogP contribution in [0.5, 0.6) is 5.75 Å². The first-order valence-electron chi connectivity index (χ1n) is 10.3. The maximum Gasteiger partial charge on any atom is 0.416 e. The summed E-state index contributed by atoms with van der Waals surface area (Å²) in [6.45, 7) is 2.59. The minimum Gasteiger partial charge on any atom is -0.484 e. The number of ether oxygens (including phenoxy) is 1. The van der Waals surface area contributed by atoms with E-state index in [2.05, 4.69) is 5.32 Å². The van der Waals surface area contributed by atoms with Gasteiger partial charge in [0.15, 0.2) is 6.61 Å². The molecule has 33 heavy (non-hydrogen) atoms. The molecule has 0 saturated heterocycles. The topological polar surface area (TPSA) is 58.6 Å². The van der Waals surface area contributed by atoms with E-state index in [0.717, 1.165) is 30.7 Å². The van der Waals surface area contributed by atoms with Gasteiger partial charge in [-0.05, 0) is 72.3 Å². The number of hydrogen-bond donors (Lipinski definition) is 1. The number of hydrogen-bond acceptors (Lipinski definition) is 4. The summed E-state index contributed by atoms with van der Waals surface area (Å²) in [7, 11) is 0. The van der Waals surface area contributed by atoms with Gasteiger partial charge in [0.25, 0.3) is 11.8 Å². The average molecular weight is 475 g/mol. The molecule has 172 valence electrons. The maximum absolute atomic E-state index is 13.1. The van der Waals surface area contributed by atoms with Crippen molar-refractivity contribution in [2.45, 2.75) is 26.1 Å². The van der Waals surface area contributed by atoms with E-state index in [1.54, 1.807) is 41.4 Å². The van der Waals surface area contributed by atoms with Crippen molar-refractivity contribution < 1.29 is 27.5 Å². The predicted molar refractivity (Wildman–Crippen MR) is 120 cm³/mol. The third-order valence-electron chi connectivity index (χ3n) is 5.48. The molecule has 0 unspecified atom stereocenters. The number of alkyl halides is 3. The Hall–Kier alpha value is -3.33. The molecule has 9 heteroatoms. The highest BCUT2D eigenvalue weighted by Gasteiger charge is 2.30. The molecule has 2 heterocycles. The van der Waals surface area contributed by atoms with Gasteiger partial charge < -0.3 is 15.0 Å². The van der Waals surface area contributed by atoms with Crippen molar-refractivity contribution in [3.05, 3.63) is 81.0 Å². The summed E-state index contributed by atoms with van der Waals surface area (Å²) in [6.07, 6.45) is -3.61. The number of halogens is 3. The summed E-state index contributed by atoms with van der Waals surface area (Å²) in [5.74, 6) is -0.429. The molecule has 5 nitrogen and oxygen atoms in total. The number of benzene rings is 2. The van der Waals surface area contributed by atoms with Gasteiger partial charge in [0, 0.05) is 29.2 Å². The van der Waals surface area contributed by atoms with E-state index in [-0.39, 0.29) is 18.3 Å². The van der Waals surface area contributed by atoms with Gasteiger partial charge in [-0.3, -0.25) is 9.59 Å². The molecule has 0 bridgehead atoms. The molecule has 1 aliphatic heterocycles. The number of thiophene rings is 1. The smallest absolute Gasteiger partial charge is 0.416 e. The van der Waals surface area contributed by atoms with Crippen LogP contribution in [0.1, 0.15) is 31.9 Å². The van der Waals surface area contributed by atoms with Crippen molar-refractivity contribution in [1.82, 2.24) is 4.90 Å². The molecule has 0 aliphatic carbocycles. The van der Waals surface area contributed by atoms with Gasteiger partial charge in [-0.25, -0.2) is 0 Å². The van der Waals surface area contributed by atoms with Gasteiger partial charge in [0.2, 0.25) is 0 Å². The molecule has 0 saturated carbocycles. The fourth-order valence-electron chi connectivity index (χ4n) is 3.67. The van der Waals surface area contributed by atoms with Crippen LogP contribution in [0.15, 0.2) is 53.9 Å². The van der Waals surface area contributed by atoms with E-state index < -0.39 is 17.6 Å². The lowest BCUT2D eigenvalue weighted by molar-refractivity contribution is -0.137. The van der Waals surface area contributed by atoms with Crippen molar-refractivity contribution in [2.24, 2.45) is 0 Å². The minimum absolute atomic E-state index is 0.0959. The Morgan fingerprint density at radius 2 is 1.88 bits per heavy atom. The standard InChI is InChI=1S/C24H21F3N2O3S/c1-15-19(23(31)29-11-9-21-16(13-29)10-12-33-21)3-2-4-20(15)28-22(30)14-32-18-7-5-17(6-8-18)24(25,26)27/h2-8,10,12H,9,11,13-14H2,1H3,(H,28,30). The van der Waals surface area contributed by atoms with Crippen LogP contribution < -0.4 is 10.1 Å². The van der Waals surface area contributed by atoms with Gasteiger partial charge in [0.05, 0.1) is 5.56 Å². The lowest BCUT2D eigenvalue weighted by Crippen LogP contribution is -2.35. The summed E-state index contributed by atoms with van der Waals surface area (Å²) in [6, 6.07) is 11.3. The van der Waals surface area contributed by atoms with Crippen LogP contribution in [-0.2, 0) is 23.9 Å². The zero-order chi connectivity index (χ0) is 23.6. The summed E-state index contributed by atoms with van der Waals surface area (Å²) < 4.78 is 43.2. The minimum atomic E-state index is -4.43. The number of anilines is 1. The normalized spacial score (nSPS) is 13.4. The van der Waals surface area contributed by atoms with Gasteiger partial charge in [-0.1, -0.05) is 6.07 Å². The summed E-state index contributed by atoms with van der Waals surface area (Å²) in [5.41, 5.74) is 2.01. The molecule has 0 fully saturated rings. The first-order valence-corrected chi connectivity index (χ1v) is 11.1. The number of carbonyl (C=O) groups is 2. The zero-order valence-electron chi connectivity index (χ0n) is 17.7. The lowest BCUT2D eigenvalue weighted by atomic mass is 10.0. The second kappa shape index (κ2) is 9.27. The zero-order valence-corrected chi connectivity index (χ0v) is 18.6. The molecule has 0 radical (unpaired) electrons. The van der Waals surface area contributed by atoms with Crippen LogP contribution >= 0.6 is 11.3 Å². The number of nitrogens with zero attached hydrogens (tertiary/aromatic N) is 1. The van der Waals surface area contributed by atoms with Gasteiger partial charge in [0.1, 0.15) is 5.75 Å². The summed E-state index contributed by atoms with van der Waals surface area (Å²) >= 11 is 1.70. The fourth-order valence-corrected chi connectivity index (χ4v) is 4.56. The average Bonchev–Trinajstić information content (AvgIpc) is 3.26. The Kier molecular flexibility index (Phi) is 6.42. The Balaban J connectivity index is 1.38. The van der Waals surface area contributed by atoms with E-state index in [9.17, 15) is 22.8 Å². The quantitative estimate of drug-likeness (QED) is 0.547. The van der Waals surface area contributed by atoms with Crippen LogP contribution in [0, 0.1) is 6.92 Å². The summed E-state index contributed by atoms with van der Waals surface area (Å²) in [4.78, 5) is 28.6. The number of fused-ring (bicyclic) bond motifs is 1. The summed E-state index contributed by atoms with van der Waals surface area (Å²) in [5, 5.41) is 4.75. The molecule has 2 amide bonds. The number of rotatable bonds is 5. The van der Waals surface area contributed by atoms with Crippen LogP contribution in [0.3, 0.4) is 0 Å². The highest BCUT2D eigenvalue weighted by Crippen LogP contribution is 2.30. The predicted octanol–water partition coefficient (Wildman–Crippen LogP) is 5.29. The second-order valence-corrected chi connectivity index (χ2v) is 8.68. The van der Waals surface area contributed by atoms with Gasteiger partial charge >= 0.3 is 6.18 Å². The molecule has 1 aliphatic rings. The molecule has 4 rings (SSSR count).